The Bertz CT molecular complexity index is 1080. The molecule has 4 rings (SSSR count). The van der Waals surface area contributed by atoms with E-state index in [0.717, 1.165) is 18.4 Å². The van der Waals surface area contributed by atoms with Crippen molar-refractivity contribution in [3.63, 3.8) is 0 Å². The van der Waals surface area contributed by atoms with E-state index in [0.29, 0.717) is 35.9 Å². The van der Waals surface area contributed by atoms with Crippen molar-refractivity contribution in [2.75, 3.05) is 13.1 Å². The van der Waals surface area contributed by atoms with Crippen LogP contribution in [-0.2, 0) is 4.74 Å². The summed E-state index contributed by atoms with van der Waals surface area (Å²) in [5, 5.41) is 7.08. The number of hydrogen-bond acceptors (Lipinski definition) is 5. The molecule has 7 nitrogen and oxygen atoms in total. The molecule has 1 aliphatic heterocycles. The van der Waals surface area contributed by atoms with Crippen molar-refractivity contribution in [3.8, 4) is 22.5 Å². The predicted octanol–water partition coefficient (Wildman–Crippen LogP) is 4.79. The lowest BCUT2D eigenvalue weighted by Gasteiger charge is -2.33. The number of benzene rings is 1. The topological polar surface area (TPSA) is 84.0 Å². The molecule has 1 saturated heterocycles. The number of H-pyrrole nitrogens is 1. The van der Waals surface area contributed by atoms with Gasteiger partial charge in [-0.3, -0.25) is 5.10 Å². The minimum Gasteiger partial charge on any atom is -0.444 e. The third-order valence-electron chi connectivity index (χ3n) is 5.14. The van der Waals surface area contributed by atoms with Gasteiger partial charge >= 0.3 is 6.09 Å². The first-order valence-electron chi connectivity index (χ1n) is 10.4. The Morgan fingerprint density at radius 1 is 1.29 bits per heavy atom. The van der Waals surface area contributed by atoms with Gasteiger partial charge in [0.15, 0.2) is 0 Å². The molecule has 0 saturated carbocycles. The Kier molecular flexibility index (Phi) is 5.71. The molecule has 0 aliphatic carbocycles. The third-order valence-corrected chi connectivity index (χ3v) is 5.14. The summed E-state index contributed by atoms with van der Waals surface area (Å²) < 4.78 is 19.2. The monoisotopic (exact) mass is 423 g/mol. The first-order chi connectivity index (χ1) is 14.8. The Balaban J connectivity index is 1.57. The van der Waals surface area contributed by atoms with Crippen molar-refractivity contribution in [1.82, 2.24) is 25.1 Å². The molecule has 1 aromatic carbocycles. The predicted molar refractivity (Wildman–Crippen MR) is 115 cm³/mol. The highest BCUT2D eigenvalue weighted by molar-refractivity contribution is 5.78. The number of aromatic nitrogens is 4. The van der Waals surface area contributed by atoms with Gasteiger partial charge in [0.05, 0.1) is 17.6 Å². The second kappa shape index (κ2) is 8.45. The van der Waals surface area contributed by atoms with Gasteiger partial charge in [-0.2, -0.15) is 5.10 Å². The molecule has 31 heavy (non-hydrogen) atoms. The van der Waals surface area contributed by atoms with E-state index in [2.05, 4.69) is 15.2 Å². The summed E-state index contributed by atoms with van der Waals surface area (Å²) in [5.41, 5.74) is 2.33. The Morgan fingerprint density at radius 3 is 2.90 bits per heavy atom. The average molecular weight is 423 g/mol. The molecular weight excluding hydrogens is 397 g/mol. The molecule has 1 N–H and O–H groups in total. The molecular formula is C23H26FN5O2. The lowest BCUT2D eigenvalue weighted by atomic mass is 9.97. The number of likely N-dealkylation sites (tertiary alicyclic amines) is 1. The van der Waals surface area contributed by atoms with Gasteiger partial charge in [0, 0.05) is 36.3 Å². The van der Waals surface area contributed by atoms with Crippen LogP contribution in [-0.4, -0.2) is 49.8 Å². The summed E-state index contributed by atoms with van der Waals surface area (Å²) in [6.07, 6.45) is 4.84. The Morgan fingerprint density at radius 2 is 2.13 bits per heavy atom. The SMILES string of the molecule is CC(C)(C)OC(=O)N1CCCC(c2nccc(-c3cn[nH]c3-c3cccc(F)c3)n2)C1. The number of piperidine rings is 1. The summed E-state index contributed by atoms with van der Waals surface area (Å²) in [4.78, 5) is 23.5. The zero-order chi connectivity index (χ0) is 22.0. The van der Waals surface area contributed by atoms with Crippen LogP contribution in [0, 0.1) is 5.82 Å². The first-order valence-corrected chi connectivity index (χ1v) is 10.4. The number of aromatic amines is 1. The van der Waals surface area contributed by atoms with E-state index in [-0.39, 0.29) is 17.8 Å². The van der Waals surface area contributed by atoms with Crippen molar-refractivity contribution in [3.05, 3.63) is 54.4 Å². The Hall–Kier alpha value is -3.29. The minimum atomic E-state index is -0.533. The van der Waals surface area contributed by atoms with Crippen molar-refractivity contribution in [1.29, 1.82) is 0 Å². The molecule has 8 heteroatoms. The number of hydrogen-bond donors (Lipinski definition) is 1. The molecule has 1 atom stereocenters. The summed E-state index contributed by atoms with van der Waals surface area (Å²) in [6, 6.07) is 8.16. The van der Waals surface area contributed by atoms with Crippen molar-refractivity contribution in [2.24, 2.45) is 0 Å². The average Bonchev–Trinajstić information content (AvgIpc) is 3.23. The molecule has 1 amide bonds. The number of carbonyl (C=O) groups is 1. The fraction of sp³-hybridized carbons (Fsp3) is 0.391. The summed E-state index contributed by atoms with van der Waals surface area (Å²) in [5.74, 6) is 0.383. The van der Waals surface area contributed by atoms with Crippen molar-refractivity contribution >= 4 is 6.09 Å². The number of nitrogens with zero attached hydrogens (tertiary/aromatic N) is 4. The van der Waals surface area contributed by atoms with Crippen LogP contribution < -0.4 is 0 Å². The van der Waals surface area contributed by atoms with Gasteiger partial charge in [-0.15, -0.1) is 0 Å². The molecule has 0 radical (unpaired) electrons. The van der Waals surface area contributed by atoms with Crippen LogP contribution in [0.1, 0.15) is 45.4 Å². The van der Waals surface area contributed by atoms with Gasteiger partial charge in [-0.05, 0) is 51.8 Å². The van der Waals surface area contributed by atoms with Crippen LogP contribution in [0.3, 0.4) is 0 Å². The highest BCUT2D eigenvalue weighted by atomic mass is 19.1. The van der Waals surface area contributed by atoms with Crippen molar-refractivity contribution < 1.29 is 13.9 Å². The summed E-state index contributed by atoms with van der Waals surface area (Å²) >= 11 is 0. The smallest absolute Gasteiger partial charge is 0.410 e. The number of nitrogens with one attached hydrogen (secondary N) is 1. The van der Waals surface area contributed by atoms with Crippen LogP contribution in [0.25, 0.3) is 22.5 Å². The van der Waals surface area contributed by atoms with Gasteiger partial charge in [0.2, 0.25) is 0 Å². The fourth-order valence-electron chi connectivity index (χ4n) is 3.75. The van der Waals surface area contributed by atoms with Gasteiger partial charge in [0.25, 0.3) is 0 Å². The highest BCUT2D eigenvalue weighted by Crippen LogP contribution is 2.31. The van der Waals surface area contributed by atoms with E-state index in [1.54, 1.807) is 23.4 Å². The third kappa shape index (κ3) is 4.90. The van der Waals surface area contributed by atoms with Gasteiger partial charge < -0.3 is 9.64 Å². The number of halogens is 1. The van der Waals surface area contributed by atoms with Gasteiger partial charge in [-0.25, -0.2) is 19.2 Å². The number of amides is 1. The molecule has 0 spiro atoms. The zero-order valence-corrected chi connectivity index (χ0v) is 17.9. The van der Waals surface area contributed by atoms with E-state index >= 15 is 0 Å². The highest BCUT2D eigenvalue weighted by Gasteiger charge is 2.30. The standard InChI is InChI=1S/C23H26FN5O2/c1-23(2,3)31-22(30)29-11-5-7-16(14-29)21-25-10-9-19(27-21)18-13-26-28-20(18)15-6-4-8-17(24)12-15/h4,6,8-10,12-13,16H,5,7,11,14H2,1-3H3,(H,26,28). The van der Waals surface area contributed by atoms with Crippen LogP contribution in [0.4, 0.5) is 9.18 Å². The summed E-state index contributed by atoms with van der Waals surface area (Å²) in [6.45, 7) is 6.76. The molecule has 2 aromatic heterocycles. The van der Waals surface area contributed by atoms with E-state index in [1.807, 2.05) is 32.9 Å². The number of ether oxygens (including phenoxy) is 1. The van der Waals surface area contributed by atoms with Crippen LogP contribution >= 0.6 is 0 Å². The second-order valence-electron chi connectivity index (χ2n) is 8.73. The molecule has 1 fully saturated rings. The zero-order valence-electron chi connectivity index (χ0n) is 17.9. The van der Waals surface area contributed by atoms with Crippen LogP contribution in [0.2, 0.25) is 0 Å². The molecule has 3 heterocycles. The summed E-state index contributed by atoms with van der Waals surface area (Å²) in [7, 11) is 0. The maximum atomic E-state index is 13.7. The maximum Gasteiger partial charge on any atom is 0.410 e. The van der Waals surface area contributed by atoms with E-state index in [9.17, 15) is 9.18 Å². The molecule has 1 aliphatic rings. The first kappa shape index (κ1) is 21.0. The van der Waals surface area contributed by atoms with E-state index in [1.165, 1.54) is 12.1 Å². The van der Waals surface area contributed by atoms with Crippen LogP contribution in [0.15, 0.2) is 42.7 Å². The van der Waals surface area contributed by atoms with Crippen LogP contribution in [0.5, 0.6) is 0 Å². The fourth-order valence-corrected chi connectivity index (χ4v) is 3.75. The number of carbonyl (C=O) groups excluding carboxylic acids is 1. The lowest BCUT2D eigenvalue weighted by Crippen LogP contribution is -2.42. The van der Waals surface area contributed by atoms with E-state index in [4.69, 9.17) is 9.72 Å². The minimum absolute atomic E-state index is 0.0192. The lowest BCUT2D eigenvalue weighted by molar-refractivity contribution is 0.0196. The largest absolute Gasteiger partial charge is 0.444 e. The van der Waals surface area contributed by atoms with E-state index < -0.39 is 5.60 Å². The molecule has 162 valence electrons. The Labute approximate surface area is 180 Å². The molecule has 1 unspecified atom stereocenters. The molecule has 3 aromatic rings. The second-order valence-corrected chi connectivity index (χ2v) is 8.73. The quantitative estimate of drug-likeness (QED) is 0.655. The van der Waals surface area contributed by atoms with Gasteiger partial charge in [0.1, 0.15) is 17.2 Å². The number of rotatable bonds is 3. The maximum absolute atomic E-state index is 13.7. The normalized spacial score (nSPS) is 16.9. The van der Waals surface area contributed by atoms with Crippen molar-refractivity contribution in [2.45, 2.75) is 45.1 Å². The van der Waals surface area contributed by atoms with Gasteiger partial charge in [-0.1, -0.05) is 12.1 Å². The molecule has 0 bridgehead atoms.